The summed E-state index contributed by atoms with van der Waals surface area (Å²) in [6, 6.07) is 21.9. The molecule has 1 N–H and O–H groups in total. The number of carbonyl (C=O) groups excluding carboxylic acids is 1. The molecule has 138 valence electrons. The van der Waals surface area contributed by atoms with E-state index in [-0.39, 0.29) is 5.91 Å². The molecule has 4 heteroatoms. The number of nitrogens with zero attached hydrogens (tertiary/aromatic N) is 2. The van der Waals surface area contributed by atoms with E-state index in [0.29, 0.717) is 6.04 Å². The molecule has 0 atom stereocenters. The second kappa shape index (κ2) is 9.51. The molecule has 2 aromatic carbocycles. The van der Waals surface area contributed by atoms with E-state index in [1.54, 1.807) is 6.92 Å². The first-order chi connectivity index (χ1) is 12.7. The number of benzene rings is 2. The van der Waals surface area contributed by atoms with Gasteiger partial charge in [0.1, 0.15) is 0 Å². The highest BCUT2D eigenvalue weighted by Crippen LogP contribution is 2.29. The Morgan fingerprint density at radius 1 is 0.923 bits per heavy atom. The van der Waals surface area contributed by atoms with Crippen LogP contribution in [0.2, 0.25) is 0 Å². The molecule has 1 aliphatic heterocycles. The van der Waals surface area contributed by atoms with Crippen LogP contribution in [0.25, 0.3) is 0 Å². The molecule has 1 amide bonds. The molecule has 2 aromatic rings. The quantitative estimate of drug-likeness (QED) is 0.779. The summed E-state index contributed by atoms with van der Waals surface area (Å²) in [5.41, 5.74) is 2.72. The van der Waals surface area contributed by atoms with Gasteiger partial charge in [-0.3, -0.25) is 9.69 Å². The number of hydrogen-bond donors (Lipinski definition) is 1. The smallest absolute Gasteiger partial charge is 0.216 e. The molecule has 26 heavy (non-hydrogen) atoms. The zero-order chi connectivity index (χ0) is 18.2. The second-order valence-electron chi connectivity index (χ2n) is 6.94. The molecule has 3 rings (SSSR count). The standard InChI is InChI=1S/C22H29N3O/c1-19(26)23-13-8-14-24-15-17-25(18-16-24)22(20-9-4-2-5-10-20)21-11-6-3-7-12-21/h2-7,9-12,22H,8,13-18H2,1H3,(H,23,26). The van der Waals surface area contributed by atoms with E-state index in [1.807, 2.05) is 0 Å². The fourth-order valence-corrected chi connectivity index (χ4v) is 3.70. The lowest BCUT2D eigenvalue weighted by Gasteiger charge is -2.39. The van der Waals surface area contributed by atoms with Crippen LogP contribution < -0.4 is 5.32 Å². The molecule has 1 heterocycles. The highest BCUT2D eigenvalue weighted by Gasteiger charge is 2.25. The largest absolute Gasteiger partial charge is 0.356 e. The number of hydrogen-bond acceptors (Lipinski definition) is 3. The molecule has 0 saturated carbocycles. The Hall–Kier alpha value is -2.17. The van der Waals surface area contributed by atoms with Crippen molar-refractivity contribution >= 4 is 5.91 Å². The van der Waals surface area contributed by atoms with Crippen LogP contribution in [0, 0.1) is 0 Å². The van der Waals surface area contributed by atoms with E-state index < -0.39 is 0 Å². The maximum atomic E-state index is 11.0. The van der Waals surface area contributed by atoms with Gasteiger partial charge in [0, 0.05) is 39.6 Å². The highest BCUT2D eigenvalue weighted by atomic mass is 16.1. The van der Waals surface area contributed by atoms with E-state index in [9.17, 15) is 4.79 Å². The van der Waals surface area contributed by atoms with Crippen molar-refractivity contribution < 1.29 is 4.79 Å². The lowest BCUT2D eigenvalue weighted by Crippen LogP contribution is -2.48. The van der Waals surface area contributed by atoms with Gasteiger partial charge in [0.05, 0.1) is 6.04 Å². The molecular weight excluding hydrogens is 322 g/mol. The molecular formula is C22H29N3O. The summed E-state index contributed by atoms with van der Waals surface area (Å²) in [4.78, 5) is 16.0. The summed E-state index contributed by atoms with van der Waals surface area (Å²) in [7, 11) is 0. The lowest BCUT2D eigenvalue weighted by molar-refractivity contribution is -0.118. The van der Waals surface area contributed by atoms with E-state index in [4.69, 9.17) is 0 Å². The number of nitrogens with one attached hydrogen (secondary N) is 1. The number of rotatable bonds is 7. The fraction of sp³-hybridized carbons (Fsp3) is 0.409. The van der Waals surface area contributed by atoms with Gasteiger partial charge in [0.25, 0.3) is 0 Å². The van der Waals surface area contributed by atoms with E-state index in [1.165, 1.54) is 11.1 Å². The van der Waals surface area contributed by atoms with Crippen LogP contribution in [-0.4, -0.2) is 55.0 Å². The van der Waals surface area contributed by atoms with Gasteiger partial charge in [-0.25, -0.2) is 0 Å². The third-order valence-corrected chi connectivity index (χ3v) is 5.03. The Morgan fingerprint density at radius 2 is 1.46 bits per heavy atom. The molecule has 0 bridgehead atoms. The SMILES string of the molecule is CC(=O)NCCCN1CCN(C(c2ccccc2)c2ccccc2)CC1. The van der Waals surface area contributed by atoms with Gasteiger partial charge in [-0.15, -0.1) is 0 Å². The third-order valence-electron chi connectivity index (χ3n) is 5.03. The van der Waals surface area contributed by atoms with Crippen LogP contribution in [0.5, 0.6) is 0 Å². The molecule has 0 unspecified atom stereocenters. The highest BCUT2D eigenvalue weighted by molar-refractivity contribution is 5.72. The third kappa shape index (κ3) is 5.16. The van der Waals surface area contributed by atoms with Gasteiger partial charge < -0.3 is 10.2 Å². The summed E-state index contributed by atoms with van der Waals surface area (Å²) in [6.45, 7) is 7.68. The van der Waals surface area contributed by atoms with Gasteiger partial charge in [-0.2, -0.15) is 0 Å². The van der Waals surface area contributed by atoms with Crippen LogP contribution in [-0.2, 0) is 4.79 Å². The van der Waals surface area contributed by atoms with Crippen LogP contribution in [0.15, 0.2) is 60.7 Å². The first-order valence-electron chi connectivity index (χ1n) is 9.55. The Kier molecular flexibility index (Phi) is 6.81. The van der Waals surface area contributed by atoms with Crippen molar-refractivity contribution in [2.45, 2.75) is 19.4 Å². The van der Waals surface area contributed by atoms with Gasteiger partial charge in [0.15, 0.2) is 0 Å². The topological polar surface area (TPSA) is 35.6 Å². The van der Waals surface area contributed by atoms with Gasteiger partial charge in [-0.05, 0) is 24.1 Å². The average Bonchev–Trinajstić information content (AvgIpc) is 2.68. The van der Waals surface area contributed by atoms with Gasteiger partial charge in [-0.1, -0.05) is 60.7 Å². The summed E-state index contributed by atoms with van der Waals surface area (Å²) >= 11 is 0. The first kappa shape index (κ1) is 18.6. The summed E-state index contributed by atoms with van der Waals surface area (Å²) in [5.74, 6) is 0.0587. The molecule has 1 aliphatic rings. The molecule has 0 aliphatic carbocycles. The molecule has 1 saturated heterocycles. The average molecular weight is 351 g/mol. The zero-order valence-corrected chi connectivity index (χ0v) is 15.6. The fourth-order valence-electron chi connectivity index (χ4n) is 3.70. The van der Waals surface area contributed by atoms with Gasteiger partial charge in [0.2, 0.25) is 5.91 Å². The van der Waals surface area contributed by atoms with Crippen LogP contribution in [0.4, 0.5) is 0 Å². The molecule has 0 radical (unpaired) electrons. The lowest BCUT2D eigenvalue weighted by atomic mass is 9.96. The summed E-state index contributed by atoms with van der Waals surface area (Å²) < 4.78 is 0. The Labute approximate surface area is 156 Å². The van der Waals surface area contributed by atoms with E-state index in [0.717, 1.165) is 45.7 Å². The van der Waals surface area contributed by atoms with Crippen molar-refractivity contribution in [2.24, 2.45) is 0 Å². The zero-order valence-electron chi connectivity index (χ0n) is 15.6. The second-order valence-corrected chi connectivity index (χ2v) is 6.94. The van der Waals surface area contributed by atoms with Crippen LogP contribution >= 0.6 is 0 Å². The van der Waals surface area contributed by atoms with Crippen LogP contribution in [0.1, 0.15) is 30.5 Å². The van der Waals surface area contributed by atoms with Crippen molar-refractivity contribution in [3.05, 3.63) is 71.8 Å². The minimum absolute atomic E-state index is 0.0587. The first-order valence-corrected chi connectivity index (χ1v) is 9.55. The monoisotopic (exact) mass is 351 g/mol. The normalized spacial score (nSPS) is 15.9. The van der Waals surface area contributed by atoms with E-state index >= 15 is 0 Å². The van der Waals surface area contributed by atoms with Crippen molar-refractivity contribution in [1.29, 1.82) is 0 Å². The van der Waals surface area contributed by atoms with Gasteiger partial charge >= 0.3 is 0 Å². The number of carbonyl (C=O) groups is 1. The maximum Gasteiger partial charge on any atom is 0.216 e. The minimum Gasteiger partial charge on any atom is -0.356 e. The van der Waals surface area contributed by atoms with Crippen molar-refractivity contribution in [1.82, 2.24) is 15.1 Å². The number of amides is 1. The summed E-state index contributed by atoms with van der Waals surface area (Å²) in [6.07, 6.45) is 1.01. The predicted molar refractivity (Wildman–Crippen MR) is 106 cm³/mol. The predicted octanol–water partition coefficient (Wildman–Crippen LogP) is 2.92. The van der Waals surface area contributed by atoms with Crippen molar-refractivity contribution in [2.75, 3.05) is 39.3 Å². The van der Waals surface area contributed by atoms with Crippen molar-refractivity contribution in [3.8, 4) is 0 Å². The van der Waals surface area contributed by atoms with Crippen LogP contribution in [0.3, 0.4) is 0 Å². The molecule has 0 aromatic heterocycles. The van der Waals surface area contributed by atoms with Crippen molar-refractivity contribution in [3.63, 3.8) is 0 Å². The maximum absolute atomic E-state index is 11.0. The Balaban J connectivity index is 1.60. The number of piperazine rings is 1. The summed E-state index contributed by atoms with van der Waals surface area (Å²) in [5, 5.41) is 2.88. The molecule has 1 fully saturated rings. The molecule has 0 spiro atoms. The minimum atomic E-state index is 0.0587. The molecule has 4 nitrogen and oxygen atoms in total. The Bertz CT molecular complexity index is 627. The Morgan fingerprint density at radius 3 is 1.96 bits per heavy atom. The van der Waals surface area contributed by atoms with E-state index in [2.05, 4.69) is 75.8 Å².